The number of hydrogen-bond donors (Lipinski definition) is 2. The van der Waals surface area contributed by atoms with Gasteiger partial charge < -0.3 is 28.8 Å². The number of allylic oxidation sites excluding steroid dienone is 6. The Morgan fingerprint density at radius 1 is 1.04 bits per heavy atom. The Balaban J connectivity index is 3.55. The monoisotopic (exact) mass is 676 g/mol. The molecule has 0 aromatic heterocycles. The summed E-state index contributed by atoms with van der Waals surface area (Å²) in [6.45, 7) is 24.0. The van der Waals surface area contributed by atoms with Crippen LogP contribution in [0.2, 0.25) is 19.6 Å². The fourth-order valence-electron chi connectivity index (χ4n) is 6.05. The zero-order chi connectivity index (χ0) is 36.2. The first kappa shape index (κ1) is 42.7. The smallest absolute Gasteiger partial charge is 0.373 e. The van der Waals surface area contributed by atoms with E-state index in [1.807, 2.05) is 45.9 Å². The third-order valence-electron chi connectivity index (χ3n) is 8.84. The predicted molar refractivity (Wildman–Crippen MR) is 192 cm³/mol. The van der Waals surface area contributed by atoms with E-state index in [9.17, 15) is 19.8 Å². The lowest BCUT2D eigenvalue weighted by molar-refractivity contribution is -0.162. The Hall–Kier alpha value is -2.30. The van der Waals surface area contributed by atoms with Crippen molar-refractivity contribution in [1.82, 2.24) is 0 Å². The molecule has 1 aliphatic rings. The molecule has 0 unspecified atom stereocenters. The van der Waals surface area contributed by atoms with Crippen molar-refractivity contribution in [3.05, 3.63) is 59.4 Å². The van der Waals surface area contributed by atoms with Gasteiger partial charge in [-0.2, -0.15) is 0 Å². The molecule has 0 fully saturated rings. The van der Waals surface area contributed by atoms with Gasteiger partial charge >= 0.3 is 5.97 Å². The van der Waals surface area contributed by atoms with Gasteiger partial charge in [0.1, 0.15) is 12.2 Å². The van der Waals surface area contributed by atoms with E-state index in [1.54, 1.807) is 26.0 Å². The summed E-state index contributed by atoms with van der Waals surface area (Å²) < 4.78 is 24.0. The Morgan fingerprint density at radius 3 is 2.19 bits per heavy atom. The summed E-state index contributed by atoms with van der Waals surface area (Å²) in [6, 6.07) is 0. The van der Waals surface area contributed by atoms with Gasteiger partial charge in [0, 0.05) is 24.9 Å². The second-order valence-corrected chi connectivity index (χ2v) is 19.3. The third-order valence-corrected chi connectivity index (χ3v) is 9.82. The molecule has 0 spiro atoms. The van der Waals surface area contributed by atoms with Crippen LogP contribution in [0, 0.1) is 35.5 Å². The molecule has 0 aromatic carbocycles. The van der Waals surface area contributed by atoms with Crippen molar-refractivity contribution >= 4 is 20.1 Å². The van der Waals surface area contributed by atoms with Crippen LogP contribution in [0.3, 0.4) is 0 Å². The molecule has 8 nitrogen and oxygen atoms in total. The van der Waals surface area contributed by atoms with E-state index in [1.165, 1.54) is 25.9 Å². The normalized spacial score (nSPS) is 31.3. The highest BCUT2D eigenvalue weighted by Crippen LogP contribution is 2.30. The Morgan fingerprint density at radius 2 is 1.66 bits per heavy atom. The first-order valence-corrected chi connectivity index (χ1v) is 20.4. The molecule has 2 N–H and O–H groups in total. The molecule has 0 bridgehead atoms. The van der Waals surface area contributed by atoms with Crippen LogP contribution in [0.25, 0.3) is 0 Å². The second-order valence-electron chi connectivity index (χ2n) is 14.8. The summed E-state index contributed by atoms with van der Waals surface area (Å²) in [5.41, 5.74) is 2.00. The van der Waals surface area contributed by atoms with Crippen molar-refractivity contribution in [2.75, 3.05) is 14.2 Å². The minimum Gasteiger partial charge on any atom is -0.490 e. The SMILES string of the molecule is CO/C1=C/C(C)=C/[C@@H](C)[C@@H](O[Si](C)(C)C)[C@@H](C)C/C(C)=C/C=C/[C@H](OC)[C@@H]([C@@H](C)[C@@H](O)[C@H](C)C(=O)/C=C/[C@H](C)[C@H](O)C(C)C)OC1=O. The second kappa shape index (κ2) is 19.6. The van der Waals surface area contributed by atoms with Gasteiger partial charge in [0.2, 0.25) is 5.76 Å². The van der Waals surface area contributed by atoms with E-state index in [4.69, 9.17) is 18.6 Å². The molecule has 9 heteroatoms. The van der Waals surface area contributed by atoms with Crippen molar-refractivity contribution in [2.24, 2.45) is 35.5 Å². The number of carbonyl (C=O) groups excluding carboxylic acids is 2. The van der Waals surface area contributed by atoms with Crippen molar-refractivity contribution in [3.63, 3.8) is 0 Å². The molecule has 0 aliphatic carbocycles. The van der Waals surface area contributed by atoms with E-state index in [2.05, 4.69) is 46.5 Å². The summed E-state index contributed by atoms with van der Waals surface area (Å²) in [7, 11) is 1.08. The average Bonchev–Trinajstić information content (AvgIpc) is 2.99. The molecule has 0 saturated heterocycles. The first-order chi connectivity index (χ1) is 21.7. The van der Waals surface area contributed by atoms with Gasteiger partial charge in [-0.3, -0.25) is 4.79 Å². The maximum atomic E-state index is 13.6. The zero-order valence-electron chi connectivity index (χ0n) is 31.4. The van der Waals surface area contributed by atoms with Gasteiger partial charge in [-0.15, -0.1) is 0 Å². The number of hydrogen-bond acceptors (Lipinski definition) is 8. The highest BCUT2D eigenvalue weighted by atomic mass is 28.4. The molecule has 1 aliphatic heterocycles. The topological polar surface area (TPSA) is 112 Å². The van der Waals surface area contributed by atoms with E-state index < -0.39 is 50.5 Å². The summed E-state index contributed by atoms with van der Waals surface area (Å²) in [5, 5.41) is 21.8. The Labute approximate surface area is 286 Å². The van der Waals surface area contributed by atoms with E-state index >= 15 is 0 Å². The van der Waals surface area contributed by atoms with Crippen LogP contribution in [-0.4, -0.2) is 75.0 Å². The summed E-state index contributed by atoms with van der Waals surface area (Å²) in [6.07, 6.45) is 9.97. The van der Waals surface area contributed by atoms with E-state index in [0.29, 0.717) is 0 Å². The zero-order valence-corrected chi connectivity index (χ0v) is 32.4. The molecule has 10 atom stereocenters. The molecule has 0 radical (unpaired) electrons. The Bertz CT molecular complexity index is 1160. The summed E-state index contributed by atoms with van der Waals surface area (Å²) in [5.74, 6) is -2.35. The van der Waals surface area contributed by atoms with Crippen molar-refractivity contribution in [1.29, 1.82) is 0 Å². The van der Waals surface area contributed by atoms with Crippen molar-refractivity contribution in [2.45, 2.75) is 119 Å². The third kappa shape index (κ3) is 14.0. The molecular weight excluding hydrogens is 612 g/mol. The molecule has 1 heterocycles. The number of ether oxygens (including phenoxy) is 3. The number of rotatable bonds is 12. The highest BCUT2D eigenvalue weighted by molar-refractivity contribution is 6.69. The van der Waals surface area contributed by atoms with Gasteiger partial charge in [0.25, 0.3) is 0 Å². The van der Waals surface area contributed by atoms with Crippen molar-refractivity contribution in [3.8, 4) is 0 Å². The van der Waals surface area contributed by atoms with Crippen LogP contribution in [0.4, 0.5) is 0 Å². The van der Waals surface area contributed by atoms with Crippen LogP contribution < -0.4 is 0 Å². The molecule has 1 rings (SSSR count). The van der Waals surface area contributed by atoms with E-state index in [-0.39, 0.29) is 41.3 Å². The minimum absolute atomic E-state index is 0.00957. The molecule has 0 amide bonds. The van der Waals surface area contributed by atoms with Crippen LogP contribution in [0.5, 0.6) is 0 Å². The number of esters is 1. The molecule has 0 saturated carbocycles. The quantitative estimate of drug-likeness (QED) is 0.127. The van der Waals surface area contributed by atoms with Gasteiger partial charge in [-0.25, -0.2) is 4.79 Å². The van der Waals surface area contributed by atoms with Gasteiger partial charge in [-0.05, 0) is 69.8 Å². The lowest BCUT2D eigenvalue weighted by atomic mass is 9.84. The predicted octanol–water partition coefficient (Wildman–Crippen LogP) is 7.20. The number of ketones is 1. The van der Waals surface area contributed by atoms with E-state index in [0.717, 1.165) is 12.0 Å². The first-order valence-electron chi connectivity index (χ1n) is 17.0. The number of carbonyl (C=O) groups is 2. The highest BCUT2D eigenvalue weighted by Gasteiger charge is 2.38. The maximum absolute atomic E-state index is 13.6. The average molecular weight is 677 g/mol. The lowest BCUT2D eigenvalue weighted by Crippen LogP contribution is -2.45. The van der Waals surface area contributed by atoms with Crippen LogP contribution in [0.1, 0.15) is 68.7 Å². The van der Waals surface area contributed by atoms with Crippen LogP contribution in [-0.2, 0) is 28.2 Å². The lowest BCUT2D eigenvalue weighted by Gasteiger charge is -2.35. The van der Waals surface area contributed by atoms with Crippen LogP contribution >= 0.6 is 0 Å². The van der Waals surface area contributed by atoms with Crippen LogP contribution in [0.15, 0.2) is 59.4 Å². The van der Waals surface area contributed by atoms with Gasteiger partial charge in [-0.1, -0.05) is 90.0 Å². The Kier molecular flexibility index (Phi) is 17.8. The fourth-order valence-corrected chi connectivity index (χ4v) is 7.32. The molecular formula is C38H64O8Si. The fraction of sp³-hybridized carbons (Fsp3) is 0.684. The largest absolute Gasteiger partial charge is 0.490 e. The molecule has 0 aromatic rings. The summed E-state index contributed by atoms with van der Waals surface area (Å²) >= 11 is 0. The minimum atomic E-state index is -1.85. The number of aliphatic hydroxyl groups excluding tert-OH is 2. The maximum Gasteiger partial charge on any atom is 0.373 e. The number of aliphatic hydroxyl groups is 2. The number of cyclic esters (lactones) is 1. The molecule has 47 heavy (non-hydrogen) atoms. The number of methoxy groups -OCH3 is 2. The summed E-state index contributed by atoms with van der Waals surface area (Å²) in [4.78, 5) is 26.7. The standard InChI is InChI=1S/C38H64O8Si/c1-23(2)34(40)26(5)18-19-31(39)29(8)35(41)30(9)37-32(43-10)17-15-16-24(3)20-27(6)36(46-47(12,13)14)28(7)21-25(4)22-33(44-11)38(42)45-37/h15-19,21-23,26-30,32,34-37,40-41H,20H2,1-14H3/b17-15+,19-18+,24-16+,25-21+,33-22+/t26-,27-,28+,29+,30-,32-,34+,35-,36-,37+/m0/s1. The molecule has 268 valence electrons. The van der Waals surface area contributed by atoms with Gasteiger partial charge in [0.15, 0.2) is 14.1 Å². The van der Waals surface area contributed by atoms with Crippen molar-refractivity contribution < 1.29 is 38.4 Å². The van der Waals surface area contributed by atoms with Gasteiger partial charge in [0.05, 0.1) is 25.4 Å².